The number of nitrogens with zero attached hydrogens (tertiary/aromatic N) is 8. The van der Waals surface area contributed by atoms with Gasteiger partial charge < -0.3 is 34.6 Å². The molecule has 2 amide bonds. The average molecular weight is 942 g/mol. The van der Waals surface area contributed by atoms with E-state index in [0.29, 0.717) is 37.5 Å². The first-order valence-corrected chi connectivity index (χ1v) is 24.1. The smallest absolute Gasteiger partial charge is 0.301 e. The quantitative estimate of drug-likeness (QED) is 0.136. The average Bonchev–Trinajstić information content (AvgIpc) is 4.13. The number of amides is 2. The second-order valence-corrected chi connectivity index (χ2v) is 20.2. The number of carbonyl (C=O) groups is 2. The van der Waals surface area contributed by atoms with Gasteiger partial charge >= 0.3 is 5.92 Å². The number of aryl methyl sites for hydroxylation is 2. The molecule has 5 fully saturated rings. The van der Waals surface area contributed by atoms with E-state index in [1.54, 1.807) is 6.07 Å². The van der Waals surface area contributed by atoms with Crippen LogP contribution < -0.4 is 36.0 Å². The van der Waals surface area contributed by atoms with E-state index in [2.05, 4.69) is 53.8 Å². The third kappa shape index (κ3) is 8.10. The van der Waals surface area contributed by atoms with Gasteiger partial charge in [0, 0.05) is 64.3 Å². The van der Waals surface area contributed by atoms with E-state index in [1.165, 1.54) is 29.6 Å². The van der Waals surface area contributed by atoms with Crippen LogP contribution in [0.5, 0.6) is 5.75 Å². The molecule has 6 aliphatic rings. The molecule has 11 rings (SSSR count). The predicted octanol–water partition coefficient (Wildman–Crippen LogP) is 7.09. The molecule has 3 aromatic heterocycles. The topological polar surface area (TPSA) is 155 Å². The number of anilines is 5. The Morgan fingerprint density at radius 3 is 2.39 bits per heavy atom. The summed E-state index contributed by atoms with van der Waals surface area (Å²) in [4.78, 5) is 54.2. The molecule has 8 heterocycles. The van der Waals surface area contributed by atoms with E-state index in [-0.39, 0.29) is 62.0 Å². The van der Waals surface area contributed by atoms with E-state index in [1.807, 2.05) is 11.7 Å². The summed E-state index contributed by atoms with van der Waals surface area (Å²) in [7, 11) is 3.38. The highest BCUT2D eigenvalue weighted by Gasteiger charge is 2.51. The molecule has 2 aromatic carbocycles. The van der Waals surface area contributed by atoms with Crippen molar-refractivity contribution in [1.82, 2.24) is 34.5 Å². The summed E-state index contributed by atoms with van der Waals surface area (Å²) in [6, 6.07) is 8.17. The van der Waals surface area contributed by atoms with Crippen LogP contribution in [0.2, 0.25) is 5.02 Å². The van der Waals surface area contributed by atoms with E-state index in [9.17, 15) is 14.4 Å². The maximum atomic E-state index is 16.7. The van der Waals surface area contributed by atoms with E-state index < -0.39 is 35.9 Å². The Labute approximate surface area is 390 Å². The number of piperidine rings is 4. The molecule has 0 radical (unpaired) electrons. The molecule has 5 aliphatic heterocycles. The van der Waals surface area contributed by atoms with Gasteiger partial charge in [0.1, 0.15) is 5.02 Å². The zero-order valence-corrected chi connectivity index (χ0v) is 38.5. The number of halogens is 4. The Balaban J connectivity index is 0.695. The molecule has 3 N–H and O–H groups in total. The van der Waals surface area contributed by atoms with Crippen LogP contribution in [0, 0.1) is 23.1 Å². The molecule has 4 saturated heterocycles. The van der Waals surface area contributed by atoms with E-state index in [4.69, 9.17) is 26.4 Å². The number of rotatable bonds is 8. The number of hydrogen-bond donors (Lipinski definition) is 3. The van der Waals surface area contributed by atoms with Gasteiger partial charge in [0.25, 0.3) is 5.56 Å². The van der Waals surface area contributed by atoms with Gasteiger partial charge in [-0.2, -0.15) is 10.1 Å². The van der Waals surface area contributed by atoms with Gasteiger partial charge in [-0.3, -0.25) is 24.4 Å². The number of benzene rings is 2. The molecule has 2 unspecified atom stereocenters. The summed E-state index contributed by atoms with van der Waals surface area (Å²) in [5, 5.41) is 14.2. The van der Waals surface area contributed by atoms with Crippen LogP contribution in [-0.2, 0) is 23.7 Å². The minimum Gasteiger partial charge on any atom is -0.480 e. The van der Waals surface area contributed by atoms with Crippen molar-refractivity contribution >= 4 is 74.0 Å². The summed E-state index contributed by atoms with van der Waals surface area (Å²) in [5.74, 6) is -4.21. The van der Waals surface area contributed by atoms with Crippen molar-refractivity contribution in [3.63, 3.8) is 0 Å². The molecule has 19 heteroatoms. The number of ether oxygens (including phenoxy) is 1. The number of carbonyl (C=O) groups excluding carboxylic acids is 2. The lowest BCUT2D eigenvalue weighted by atomic mass is 9.71. The zero-order chi connectivity index (χ0) is 46.4. The Hall–Kier alpha value is -5.62. The van der Waals surface area contributed by atoms with Gasteiger partial charge in [0.2, 0.25) is 23.5 Å². The fourth-order valence-corrected chi connectivity index (χ4v) is 11.5. The molecule has 1 spiro atoms. The molecule has 5 aromatic rings. The molecular formula is C48H55ClF3N11O4. The van der Waals surface area contributed by atoms with Crippen molar-refractivity contribution in [2.75, 3.05) is 72.9 Å². The zero-order valence-electron chi connectivity index (χ0n) is 37.7. The number of imide groups is 1. The molecule has 354 valence electrons. The second-order valence-electron chi connectivity index (χ2n) is 19.8. The number of fused-ring (bicyclic) bond motifs is 4. The Morgan fingerprint density at radius 1 is 0.910 bits per heavy atom. The van der Waals surface area contributed by atoms with E-state index >= 15 is 13.2 Å². The van der Waals surface area contributed by atoms with Crippen LogP contribution in [0.15, 0.2) is 41.3 Å². The lowest BCUT2D eigenvalue weighted by molar-refractivity contribution is -0.134. The number of alkyl halides is 2. The number of nitrogens with one attached hydrogen (secondary N) is 3. The highest BCUT2D eigenvalue weighted by Crippen LogP contribution is 2.47. The molecular weight excluding hydrogens is 887 g/mol. The number of aromatic nitrogens is 5. The minimum absolute atomic E-state index is 0.0155. The van der Waals surface area contributed by atoms with Crippen LogP contribution in [-0.4, -0.2) is 105 Å². The third-order valence-corrected chi connectivity index (χ3v) is 15.9. The SMILES string of the molecule is Cn1nc(C2CCC(=O)NC2=O)c2ccc(N3CCC(CN4CCC5(CC4)CCN(c4ncc(Cl)c(Nc6ccc7c(c6F)c6c(c(=O)n7C)OCC(F)(F)C(C7CC7)N6)n4)CC5)CC3)cc21. The van der Waals surface area contributed by atoms with Gasteiger partial charge in [-0.1, -0.05) is 11.6 Å². The first-order chi connectivity index (χ1) is 32.2. The van der Waals surface area contributed by atoms with Crippen LogP contribution in [0.3, 0.4) is 0 Å². The first kappa shape index (κ1) is 43.9. The first-order valence-electron chi connectivity index (χ1n) is 23.7. The van der Waals surface area contributed by atoms with Gasteiger partial charge in [0.15, 0.2) is 18.2 Å². The second kappa shape index (κ2) is 16.9. The summed E-state index contributed by atoms with van der Waals surface area (Å²) >= 11 is 6.60. The van der Waals surface area contributed by atoms with Gasteiger partial charge in [-0.05, 0) is 118 Å². The number of likely N-dealkylation sites (tertiary alicyclic amines) is 1. The molecule has 1 saturated carbocycles. The summed E-state index contributed by atoms with van der Waals surface area (Å²) < 4.78 is 55.6. The highest BCUT2D eigenvalue weighted by atomic mass is 35.5. The molecule has 15 nitrogen and oxygen atoms in total. The van der Waals surface area contributed by atoms with Crippen LogP contribution in [0.1, 0.15) is 75.8 Å². The van der Waals surface area contributed by atoms with Crippen molar-refractivity contribution in [2.24, 2.45) is 31.3 Å². The summed E-state index contributed by atoms with van der Waals surface area (Å²) in [5.41, 5.74) is 2.71. The van der Waals surface area contributed by atoms with Crippen LogP contribution in [0.25, 0.3) is 21.8 Å². The maximum Gasteiger partial charge on any atom is 0.301 e. The van der Waals surface area contributed by atoms with Crippen molar-refractivity contribution in [3.8, 4) is 5.75 Å². The summed E-state index contributed by atoms with van der Waals surface area (Å²) in [6.45, 7) is 5.85. The van der Waals surface area contributed by atoms with Crippen molar-refractivity contribution in [1.29, 1.82) is 0 Å². The van der Waals surface area contributed by atoms with Crippen LogP contribution in [0.4, 0.5) is 42.0 Å². The predicted molar refractivity (Wildman–Crippen MR) is 250 cm³/mol. The minimum atomic E-state index is -3.25. The maximum absolute atomic E-state index is 16.7. The van der Waals surface area contributed by atoms with Gasteiger partial charge in [-0.15, -0.1) is 0 Å². The number of hydrogen-bond acceptors (Lipinski definition) is 12. The van der Waals surface area contributed by atoms with Crippen molar-refractivity contribution < 1.29 is 27.5 Å². The van der Waals surface area contributed by atoms with Gasteiger partial charge in [0.05, 0.1) is 51.6 Å². The molecule has 67 heavy (non-hydrogen) atoms. The van der Waals surface area contributed by atoms with Crippen LogP contribution >= 0.6 is 11.6 Å². The van der Waals surface area contributed by atoms with Crippen molar-refractivity contribution in [3.05, 3.63) is 63.4 Å². The molecule has 2 atom stereocenters. The Bertz CT molecular complexity index is 2840. The highest BCUT2D eigenvalue weighted by molar-refractivity contribution is 6.33. The molecule has 0 bridgehead atoms. The Morgan fingerprint density at radius 2 is 1.66 bits per heavy atom. The standard InChI is InChI=1S/C48H55ClF3N11O4/c1-59-34-9-8-33(38(50)37(34)40-41(45(59)66)67-26-48(51,52)42(56-40)28-3-4-28)54-43-32(49)24-53-46(57-43)63-21-15-47(16-22-63)13-19-61(20-14-47)25-27-11-17-62(18-12-27)29-5-6-30-35(23-29)60(2)58-39(30)31-7-10-36(64)55-44(31)65/h5-6,8-9,23-24,27-28,31,42,56H,3-4,7,10-22,25-26H2,1-2H3,(H,53,54,57)(H,55,64,65). The van der Waals surface area contributed by atoms with Crippen molar-refractivity contribution in [2.45, 2.75) is 82.1 Å². The lowest BCUT2D eigenvalue weighted by Crippen LogP contribution is -2.48. The fraction of sp³-hybridized carbons (Fsp3) is 0.542. The lowest BCUT2D eigenvalue weighted by Gasteiger charge is -2.47. The third-order valence-electron chi connectivity index (χ3n) is 15.7. The molecule has 1 aliphatic carbocycles. The Kier molecular flexibility index (Phi) is 11.1. The monoisotopic (exact) mass is 941 g/mol. The van der Waals surface area contributed by atoms with Gasteiger partial charge in [-0.25, -0.2) is 18.2 Å². The fourth-order valence-electron chi connectivity index (χ4n) is 11.4. The van der Waals surface area contributed by atoms with E-state index in [0.717, 1.165) is 101 Å². The summed E-state index contributed by atoms with van der Waals surface area (Å²) in [6.07, 6.45) is 10.1. The normalized spacial score (nSPS) is 23.5. The largest absolute Gasteiger partial charge is 0.480 e. The number of pyridine rings is 1.